The van der Waals surface area contributed by atoms with E-state index in [1.165, 1.54) is 0 Å². The Morgan fingerprint density at radius 2 is 2.35 bits per heavy atom. The molecule has 0 radical (unpaired) electrons. The first-order chi connectivity index (χ1) is 8.35. The second-order valence-electron chi connectivity index (χ2n) is 3.72. The lowest BCUT2D eigenvalue weighted by molar-refractivity contribution is 0.246. The van der Waals surface area contributed by atoms with Gasteiger partial charge in [-0.25, -0.2) is 0 Å². The van der Waals surface area contributed by atoms with Crippen LogP contribution >= 0.6 is 11.8 Å². The van der Waals surface area contributed by atoms with Crippen molar-refractivity contribution < 1.29 is 5.11 Å². The number of likely N-dealkylation sites (N-methyl/N-ethyl adjacent to an activating group) is 1. The van der Waals surface area contributed by atoms with Crippen LogP contribution in [0.25, 0.3) is 5.65 Å². The van der Waals surface area contributed by atoms with Crippen molar-refractivity contribution in [1.82, 2.24) is 19.9 Å². The largest absolute Gasteiger partial charge is 0.395 e. The fraction of sp³-hybridized carbons (Fsp3) is 0.455. The van der Waals surface area contributed by atoms with Gasteiger partial charge in [-0.1, -0.05) is 17.8 Å². The van der Waals surface area contributed by atoms with E-state index >= 15 is 0 Å². The first-order valence-electron chi connectivity index (χ1n) is 5.56. The third kappa shape index (κ3) is 2.96. The third-order valence-corrected chi connectivity index (χ3v) is 3.58. The molecule has 0 aliphatic carbocycles. The van der Waals surface area contributed by atoms with Crippen molar-refractivity contribution in [3.63, 3.8) is 0 Å². The van der Waals surface area contributed by atoms with E-state index in [1.54, 1.807) is 11.8 Å². The number of rotatable bonds is 6. The minimum absolute atomic E-state index is 0.154. The number of aliphatic hydroxyl groups is 1. The van der Waals surface area contributed by atoms with Crippen LogP contribution in [-0.2, 0) is 0 Å². The molecule has 0 amide bonds. The van der Waals surface area contributed by atoms with Crippen LogP contribution in [-0.4, -0.2) is 45.2 Å². The lowest BCUT2D eigenvalue weighted by atomic mass is 10.2. The van der Waals surface area contributed by atoms with Crippen LogP contribution in [0.4, 0.5) is 0 Å². The molecule has 2 aromatic rings. The van der Waals surface area contributed by atoms with Gasteiger partial charge < -0.3 is 10.4 Å². The number of thioether (sulfide) groups is 1. The van der Waals surface area contributed by atoms with Gasteiger partial charge in [0, 0.05) is 18.0 Å². The van der Waals surface area contributed by atoms with Crippen molar-refractivity contribution in [2.45, 2.75) is 17.6 Å². The molecule has 0 bridgehead atoms. The molecule has 1 unspecified atom stereocenters. The van der Waals surface area contributed by atoms with Crippen LogP contribution in [0.5, 0.6) is 0 Å². The molecule has 2 rings (SSSR count). The highest BCUT2D eigenvalue weighted by molar-refractivity contribution is 7.99. The average molecular weight is 252 g/mol. The predicted molar refractivity (Wildman–Crippen MR) is 68.3 cm³/mol. The van der Waals surface area contributed by atoms with Gasteiger partial charge in [0.2, 0.25) is 0 Å². The van der Waals surface area contributed by atoms with Gasteiger partial charge in [-0.05, 0) is 25.6 Å². The lowest BCUT2D eigenvalue weighted by Gasteiger charge is -2.11. The van der Waals surface area contributed by atoms with Crippen molar-refractivity contribution in [2.75, 3.05) is 19.4 Å². The number of hydrogen-bond donors (Lipinski definition) is 2. The summed E-state index contributed by atoms with van der Waals surface area (Å²) >= 11 is 1.65. The Hall–Kier alpha value is -1.11. The Labute approximate surface area is 104 Å². The van der Waals surface area contributed by atoms with Crippen LogP contribution in [0.2, 0.25) is 0 Å². The van der Waals surface area contributed by atoms with E-state index in [4.69, 9.17) is 5.11 Å². The number of nitrogens with zero attached hydrogens (tertiary/aromatic N) is 3. The molecule has 0 aromatic carbocycles. The molecule has 92 valence electrons. The maximum Gasteiger partial charge on any atom is 0.195 e. The summed E-state index contributed by atoms with van der Waals surface area (Å²) in [4.78, 5) is 0. The zero-order chi connectivity index (χ0) is 12.1. The Kier molecular flexibility index (Phi) is 4.36. The zero-order valence-corrected chi connectivity index (χ0v) is 10.5. The van der Waals surface area contributed by atoms with Crippen molar-refractivity contribution in [2.24, 2.45) is 0 Å². The van der Waals surface area contributed by atoms with Gasteiger partial charge in [-0.2, -0.15) is 0 Å². The topological polar surface area (TPSA) is 62.5 Å². The summed E-state index contributed by atoms with van der Waals surface area (Å²) in [6, 6.07) is 5.99. The first-order valence-corrected chi connectivity index (χ1v) is 6.54. The van der Waals surface area contributed by atoms with Gasteiger partial charge >= 0.3 is 0 Å². The maximum atomic E-state index is 9.05. The molecule has 17 heavy (non-hydrogen) atoms. The molecule has 6 heteroatoms. The molecule has 0 spiro atoms. The van der Waals surface area contributed by atoms with Crippen LogP contribution in [0, 0.1) is 0 Å². The van der Waals surface area contributed by atoms with Gasteiger partial charge in [0.05, 0.1) is 6.61 Å². The summed E-state index contributed by atoms with van der Waals surface area (Å²) in [6.45, 7) is 0.164. The SMILES string of the molecule is CNC(CO)CCSc1nnc2ccccn12. The third-order valence-electron chi connectivity index (χ3n) is 2.61. The van der Waals surface area contributed by atoms with E-state index in [9.17, 15) is 0 Å². The molecular weight excluding hydrogens is 236 g/mol. The van der Waals surface area contributed by atoms with Gasteiger partial charge in [-0.3, -0.25) is 4.40 Å². The highest BCUT2D eigenvalue weighted by Crippen LogP contribution is 2.17. The number of hydrogen-bond acceptors (Lipinski definition) is 5. The predicted octanol–water partition coefficient (Wildman–Crippen LogP) is 0.792. The smallest absolute Gasteiger partial charge is 0.195 e. The summed E-state index contributed by atoms with van der Waals surface area (Å²) in [5, 5.41) is 21.2. The van der Waals surface area contributed by atoms with Crippen LogP contribution < -0.4 is 5.32 Å². The van der Waals surface area contributed by atoms with Crippen molar-refractivity contribution in [3.8, 4) is 0 Å². The van der Waals surface area contributed by atoms with Crippen molar-refractivity contribution in [3.05, 3.63) is 24.4 Å². The second kappa shape index (κ2) is 6.00. The standard InChI is InChI=1S/C11H16N4OS/c1-12-9(8-16)5-7-17-11-14-13-10-4-2-3-6-15(10)11/h2-4,6,9,12,16H,5,7-8H2,1H3. The molecule has 0 aliphatic heterocycles. The van der Waals surface area contributed by atoms with Gasteiger partial charge in [-0.15, -0.1) is 10.2 Å². The first kappa shape index (κ1) is 12.3. The molecule has 0 saturated heterocycles. The van der Waals surface area contributed by atoms with Crippen molar-refractivity contribution >= 4 is 17.4 Å². The summed E-state index contributed by atoms with van der Waals surface area (Å²) in [5.41, 5.74) is 0.863. The average Bonchev–Trinajstić information content (AvgIpc) is 2.78. The van der Waals surface area contributed by atoms with E-state index in [-0.39, 0.29) is 12.6 Å². The maximum absolute atomic E-state index is 9.05. The molecule has 0 fully saturated rings. The van der Waals surface area contributed by atoms with Gasteiger partial charge in [0.25, 0.3) is 0 Å². The van der Waals surface area contributed by atoms with Gasteiger partial charge in [0.15, 0.2) is 10.8 Å². The fourth-order valence-corrected chi connectivity index (χ4v) is 2.51. The highest BCUT2D eigenvalue weighted by atomic mass is 32.2. The Balaban J connectivity index is 1.95. The molecule has 2 N–H and O–H groups in total. The molecule has 2 aromatic heterocycles. The number of aromatic nitrogens is 3. The summed E-state index contributed by atoms with van der Waals surface area (Å²) in [6.07, 6.45) is 2.86. The van der Waals surface area contributed by atoms with E-state index in [0.29, 0.717) is 0 Å². The van der Waals surface area contributed by atoms with Crippen LogP contribution in [0.15, 0.2) is 29.6 Å². The van der Waals surface area contributed by atoms with Crippen LogP contribution in [0.3, 0.4) is 0 Å². The summed E-state index contributed by atoms with van der Waals surface area (Å²) < 4.78 is 1.97. The van der Waals surface area contributed by atoms with Gasteiger partial charge in [0.1, 0.15) is 0 Å². The molecule has 2 heterocycles. The lowest BCUT2D eigenvalue weighted by Crippen LogP contribution is -2.29. The highest BCUT2D eigenvalue weighted by Gasteiger charge is 2.07. The fourth-order valence-electron chi connectivity index (χ4n) is 1.54. The molecule has 0 saturated carbocycles. The molecule has 1 atom stereocenters. The Bertz CT molecular complexity index is 469. The minimum Gasteiger partial charge on any atom is -0.395 e. The molecule has 5 nitrogen and oxygen atoms in total. The zero-order valence-electron chi connectivity index (χ0n) is 9.71. The number of fused-ring (bicyclic) bond motifs is 1. The quantitative estimate of drug-likeness (QED) is 0.744. The summed E-state index contributed by atoms with van der Waals surface area (Å²) in [5.74, 6) is 0.905. The van der Waals surface area contributed by atoms with E-state index < -0.39 is 0 Å². The Morgan fingerprint density at radius 1 is 1.47 bits per heavy atom. The number of nitrogens with one attached hydrogen (secondary N) is 1. The minimum atomic E-state index is 0.154. The second-order valence-corrected chi connectivity index (χ2v) is 4.78. The number of pyridine rings is 1. The van der Waals surface area contributed by atoms with E-state index in [0.717, 1.165) is 23.0 Å². The molecular formula is C11H16N4OS. The Morgan fingerprint density at radius 3 is 3.12 bits per heavy atom. The van der Waals surface area contributed by atoms with E-state index in [1.807, 2.05) is 35.8 Å². The summed E-state index contributed by atoms with van der Waals surface area (Å²) in [7, 11) is 1.86. The van der Waals surface area contributed by atoms with Crippen molar-refractivity contribution in [1.29, 1.82) is 0 Å². The van der Waals surface area contributed by atoms with E-state index in [2.05, 4.69) is 15.5 Å². The molecule has 0 aliphatic rings. The van der Waals surface area contributed by atoms with Crippen LogP contribution in [0.1, 0.15) is 6.42 Å². The normalized spacial score (nSPS) is 13.1. The number of aliphatic hydroxyl groups excluding tert-OH is 1. The monoisotopic (exact) mass is 252 g/mol.